The maximum atomic E-state index is 13.3. The summed E-state index contributed by atoms with van der Waals surface area (Å²) in [5.74, 6) is 0.102. The second kappa shape index (κ2) is 5.94. The van der Waals surface area contributed by atoms with Crippen LogP contribution in [-0.2, 0) is 17.9 Å². The number of phenolic OH excluding ortho intramolecular Hbond substituents is 1. The van der Waals surface area contributed by atoms with Gasteiger partial charge in [-0.1, -0.05) is 6.07 Å². The number of hydrogen-bond donors (Lipinski definition) is 2. The first-order chi connectivity index (χ1) is 10.7. The number of ether oxygens (including phenoxy) is 1. The van der Waals surface area contributed by atoms with Crippen LogP contribution in [-0.4, -0.2) is 31.8 Å². The van der Waals surface area contributed by atoms with E-state index in [0.29, 0.717) is 36.0 Å². The lowest BCUT2D eigenvalue weighted by Crippen LogP contribution is -2.08. The van der Waals surface area contributed by atoms with Crippen LogP contribution in [0.2, 0.25) is 0 Å². The molecule has 8 heteroatoms. The average molecular weight is 303 g/mol. The minimum absolute atomic E-state index is 0.353. The van der Waals surface area contributed by atoms with E-state index >= 15 is 0 Å². The fraction of sp³-hybridized carbons (Fsp3) is 0.214. The number of methoxy groups -OCH3 is 1. The molecule has 7 nitrogen and oxygen atoms in total. The zero-order valence-electron chi connectivity index (χ0n) is 11.8. The summed E-state index contributed by atoms with van der Waals surface area (Å²) in [6.07, 6.45) is 1.41. The molecule has 3 aromatic rings. The van der Waals surface area contributed by atoms with Gasteiger partial charge in [0.25, 0.3) is 5.78 Å². The van der Waals surface area contributed by atoms with Crippen molar-refractivity contribution in [1.82, 2.24) is 19.6 Å². The summed E-state index contributed by atoms with van der Waals surface area (Å²) in [6, 6.07) is 6.03. The van der Waals surface area contributed by atoms with Crippen LogP contribution in [0.25, 0.3) is 5.78 Å². The number of aromatic nitrogens is 4. The molecule has 0 saturated carbocycles. The van der Waals surface area contributed by atoms with Gasteiger partial charge in [0.1, 0.15) is 12.1 Å². The Morgan fingerprint density at radius 1 is 1.36 bits per heavy atom. The van der Waals surface area contributed by atoms with Gasteiger partial charge in [-0.15, -0.1) is 0 Å². The summed E-state index contributed by atoms with van der Waals surface area (Å²) in [5.41, 5.74) is 1.40. The molecule has 0 atom stereocenters. The number of fused-ring (bicyclic) bond motifs is 1. The van der Waals surface area contributed by atoms with Gasteiger partial charge in [-0.3, -0.25) is 0 Å². The molecule has 2 heterocycles. The second-order valence-corrected chi connectivity index (χ2v) is 4.68. The number of nitrogens with zero attached hydrogens (tertiary/aromatic N) is 4. The van der Waals surface area contributed by atoms with Crippen molar-refractivity contribution < 1.29 is 14.2 Å². The number of phenols is 1. The van der Waals surface area contributed by atoms with Crippen LogP contribution < -0.4 is 5.32 Å². The van der Waals surface area contributed by atoms with E-state index in [0.717, 1.165) is 0 Å². The molecule has 0 aliphatic carbocycles. The third-order valence-electron chi connectivity index (χ3n) is 3.08. The highest BCUT2D eigenvalue weighted by atomic mass is 19.1. The van der Waals surface area contributed by atoms with Crippen LogP contribution in [0, 0.1) is 5.82 Å². The smallest absolute Gasteiger partial charge is 0.254 e. The lowest BCUT2D eigenvalue weighted by atomic mass is 10.2. The molecule has 0 unspecified atom stereocenters. The second-order valence-electron chi connectivity index (χ2n) is 4.68. The Morgan fingerprint density at radius 2 is 2.23 bits per heavy atom. The summed E-state index contributed by atoms with van der Waals surface area (Å²) < 4.78 is 20.0. The van der Waals surface area contributed by atoms with Gasteiger partial charge >= 0.3 is 0 Å². The molecule has 22 heavy (non-hydrogen) atoms. The van der Waals surface area contributed by atoms with Crippen molar-refractivity contribution in [3.05, 3.63) is 47.7 Å². The first-order valence-corrected chi connectivity index (χ1v) is 6.57. The van der Waals surface area contributed by atoms with Crippen LogP contribution in [0.15, 0.2) is 30.6 Å². The number of anilines is 1. The molecule has 0 spiro atoms. The highest BCUT2D eigenvalue weighted by molar-refractivity contribution is 5.45. The minimum Gasteiger partial charge on any atom is -0.505 e. The molecular formula is C14H14FN5O2. The molecule has 2 N–H and O–H groups in total. The van der Waals surface area contributed by atoms with Gasteiger partial charge in [0.05, 0.1) is 12.3 Å². The van der Waals surface area contributed by atoms with Gasteiger partial charge in [0.15, 0.2) is 11.6 Å². The molecule has 0 fully saturated rings. The SMILES string of the molecule is COCc1cc(NCc2ccc(O)c(F)c2)n2ncnc2n1. The average Bonchev–Trinajstić information content (AvgIpc) is 2.97. The van der Waals surface area contributed by atoms with E-state index in [1.807, 2.05) is 0 Å². The zero-order valence-corrected chi connectivity index (χ0v) is 11.8. The van der Waals surface area contributed by atoms with Gasteiger partial charge in [-0.2, -0.15) is 14.6 Å². The van der Waals surface area contributed by atoms with Crippen molar-refractivity contribution in [2.24, 2.45) is 0 Å². The van der Waals surface area contributed by atoms with Crippen LogP contribution in [0.4, 0.5) is 10.2 Å². The molecule has 114 valence electrons. The van der Waals surface area contributed by atoms with Crippen LogP contribution in [0.5, 0.6) is 5.75 Å². The number of benzene rings is 1. The fourth-order valence-electron chi connectivity index (χ4n) is 2.06. The van der Waals surface area contributed by atoms with Gasteiger partial charge in [-0.25, -0.2) is 9.37 Å². The predicted octanol–water partition coefficient (Wildman–Crippen LogP) is 1.73. The van der Waals surface area contributed by atoms with Gasteiger partial charge in [0, 0.05) is 19.7 Å². The van der Waals surface area contributed by atoms with E-state index in [2.05, 4.69) is 20.4 Å². The maximum absolute atomic E-state index is 13.3. The number of aromatic hydroxyl groups is 1. The zero-order chi connectivity index (χ0) is 15.5. The van der Waals surface area contributed by atoms with Crippen molar-refractivity contribution in [2.75, 3.05) is 12.4 Å². The summed E-state index contributed by atoms with van der Waals surface area (Å²) in [5, 5.41) is 16.4. The molecular weight excluding hydrogens is 289 g/mol. The van der Waals surface area contributed by atoms with Crippen molar-refractivity contribution in [3.63, 3.8) is 0 Å². The van der Waals surface area contributed by atoms with E-state index in [1.165, 1.54) is 18.5 Å². The van der Waals surface area contributed by atoms with Crippen molar-refractivity contribution >= 4 is 11.6 Å². The third kappa shape index (κ3) is 2.82. The summed E-state index contributed by atoms with van der Waals surface area (Å²) >= 11 is 0. The molecule has 0 bridgehead atoms. The van der Waals surface area contributed by atoms with Gasteiger partial charge < -0.3 is 15.2 Å². The fourth-order valence-corrected chi connectivity index (χ4v) is 2.06. The highest BCUT2D eigenvalue weighted by Gasteiger charge is 2.08. The number of rotatable bonds is 5. The number of hydrogen-bond acceptors (Lipinski definition) is 6. The van der Waals surface area contributed by atoms with Gasteiger partial charge in [-0.05, 0) is 17.7 Å². The van der Waals surface area contributed by atoms with E-state index in [-0.39, 0.29) is 5.75 Å². The molecule has 2 aromatic heterocycles. The maximum Gasteiger partial charge on any atom is 0.254 e. The monoisotopic (exact) mass is 303 g/mol. The van der Waals surface area contributed by atoms with Crippen molar-refractivity contribution in [1.29, 1.82) is 0 Å². The van der Waals surface area contributed by atoms with E-state index in [1.54, 1.807) is 23.8 Å². The van der Waals surface area contributed by atoms with Crippen molar-refractivity contribution in [2.45, 2.75) is 13.2 Å². The Balaban J connectivity index is 1.85. The lowest BCUT2D eigenvalue weighted by molar-refractivity contribution is 0.181. The summed E-state index contributed by atoms with van der Waals surface area (Å²) in [7, 11) is 1.59. The standard InChI is InChI=1S/C14H14FN5O2/c1-22-7-10-5-13(20-14(19-10)17-8-18-20)16-6-9-2-3-12(21)11(15)4-9/h2-5,8,16,21H,6-7H2,1H3. The van der Waals surface area contributed by atoms with Gasteiger partial charge in [0.2, 0.25) is 0 Å². The molecule has 0 aliphatic heterocycles. The molecule has 1 aromatic carbocycles. The molecule has 3 rings (SSSR count). The largest absolute Gasteiger partial charge is 0.505 e. The molecule has 0 aliphatic rings. The Morgan fingerprint density at radius 3 is 3.00 bits per heavy atom. The van der Waals surface area contributed by atoms with E-state index in [9.17, 15) is 9.50 Å². The third-order valence-corrected chi connectivity index (χ3v) is 3.08. The quantitative estimate of drug-likeness (QED) is 0.746. The van der Waals surface area contributed by atoms with Crippen LogP contribution in [0.1, 0.15) is 11.3 Å². The van der Waals surface area contributed by atoms with E-state index < -0.39 is 5.82 Å². The Hall–Kier alpha value is -2.74. The van der Waals surface area contributed by atoms with E-state index in [4.69, 9.17) is 4.74 Å². The normalized spacial score (nSPS) is 11.0. The van der Waals surface area contributed by atoms with Crippen LogP contribution in [0.3, 0.4) is 0 Å². The van der Waals surface area contributed by atoms with Crippen molar-refractivity contribution in [3.8, 4) is 5.75 Å². The highest BCUT2D eigenvalue weighted by Crippen LogP contribution is 2.18. The number of halogens is 1. The lowest BCUT2D eigenvalue weighted by Gasteiger charge is -2.10. The molecule has 0 saturated heterocycles. The Labute approximate surface area is 125 Å². The minimum atomic E-state index is -0.653. The number of nitrogens with one attached hydrogen (secondary N) is 1. The Kier molecular flexibility index (Phi) is 3.84. The summed E-state index contributed by atoms with van der Waals surface area (Å²) in [4.78, 5) is 8.35. The first kappa shape index (κ1) is 14.2. The van der Waals surface area contributed by atoms with Crippen LogP contribution >= 0.6 is 0 Å². The Bertz CT molecular complexity index is 805. The topological polar surface area (TPSA) is 84.6 Å². The molecule has 0 amide bonds. The first-order valence-electron chi connectivity index (χ1n) is 6.57. The summed E-state index contributed by atoms with van der Waals surface area (Å²) in [6.45, 7) is 0.717. The molecule has 0 radical (unpaired) electrons. The predicted molar refractivity (Wildman–Crippen MR) is 76.9 cm³/mol.